The molecule has 164 valence electrons. The van der Waals surface area contributed by atoms with E-state index >= 15 is 0 Å². The predicted molar refractivity (Wildman–Crippen MR) is 125 cm³/mol. The summed E-state index contributed by atoms with van der Waals surface area (Å²) in [4.78, 5) is 12.1. The molecule has 3 aromatic rings. The summed E-state index contributed by atoms with van der Waals surface area (Å²) >= 11 is 0. The molecule has 1 N–H and O–H groups in total. The number of allylic oxidation sites excluding steroid dienone is 1. The number of hydrazone groups is 1. The summed E-state index contributed by atoms with van der Waals surface area (Å²) in [5, 5.41) is 4.02. The largest absolute Gasteiger partial charge is 0.493 e. The number of carbonyl (C=O) groups excluding carboxylic acids is 1. The zero-order chi connectivity index (χ0) is 22.6. The third kappa shape index (κ3) is 6.74. The topological polar surface area (TPSA) is 69.2 Å². The van der Waals surface area contributed by atoms with Crippen LogP contribution < -0.4 is 19.6 Å². The van der Waals surface area contributed by atoms with Crippen LogP contribution in [0.25, 0.3) is 0 Å². The van der Waals surface area contributed by atoms with Crippen LogP contribution in [0.3, 0.4) is 0 Å². The lowest BCUT2D eigenvalue weighted by molar-refractivity contribution is -0.123. The van der Waals surface area contributed by atoms with Crippen LogP contribution in [0.2, 0.25) is 0 Å². The molecule has 0 saturated heterocycles. The number of para-hydroxylation sites is 1. The fourth-order valence-electron chi connectivity index (χ4n) is 2.93. The number of ether oxygens (including phenoxy) is 3. The molecule has 1 amide bonds. The van der Waals surface area contributed by atoms with Crippen molar-refractivity contribution in [3.63, 3.8) is 0 Å². The maximum Gasteiger partial charge on any atom is 0.277 e. The Morgan fingerprint density at radius 2 is 1.72 bits per heavy atom. The average Bonchev–Trinajstić information content (AvgIpc) is 2.83. The molecule has 0 aliphatic heterocycles. The van der Waals surface area contributed by atoms with Gasteiger partial charge in [-0.2, -0.15) is 5.10 Å². The zero-order valence-corrected chi connectivity index (χ0v) is 18.0. The van der Waals surface area contributed by atoms with Gasteiger partial charge in [0.2, 0.25) is 0 Å². The summed E-state index contributed by atoms with van der Waals surface area (Å²) in [5.41, 5.74) is 5.34. The number of nitrogens with one attached hydrogen (secondary N) is 1. The number of amides is 1. The average molecular weight is 431 g/mol. The van der Waals surface area contributed by atoms with Gasteiger partial charge >= 0.3 is 0 Å². The number of methoxy groups -OCH3 is 1. The fraction of sp³-hybridized carbons (Fsp3) is 0.154. The van der Waals surface area contributed by atoms with Gasteiger partial charge in [0.05, 0.1) is 13.3 Å². The van der Waals surface area contributed by atoms with Crippen molar-refractivity contribution >= 4 is 12.1 Å². The standard InChI is InChI=1S/C26H26N2O4/c1-3-9-20-14-15-24(25(16-20)30-2)32-19-26(29)28-27-17-22-12-7-8-13-23(22)31-18-21-10-5-4-6-11-21/h3-8,10-17H,1,9,18-19H2,2H3,(H,28,29). The molecule has 32 heavy (non-hydrogen) atoms. The second kappa shape index (κ2) is 12.0. The molecule has 0 aliphatic rings. The summed E-state index contributed by atoms with van der Waals surface area (Å²) in [6.45, 7) is 3.98. The Bertz CT molecular complexity index is 1060. The van der Waals surface area contributed by atoms with Crippen molar-refractivity contribution in [3.8, 4) is 17.2 Å². The first kappa shape index (κ1) is 22.6. The number of hydrogen-bond acceptors (Lipinski definition) is 5. The van der Waals surface area contributed by atoms with Crippen LogP contribution >= 0.6 is 0 Å². The normalized spacial score (nSPS) is 10.5. The van der Waals surface area contributed by atoms with Gasteiger partial charge in [-0.25, -0.2) is 5.43 Å². The van der Waals surface area contributed by atoms with Gasteiger partial charge in [-0.3, -0.25) is 4.79 Å². The Hall–Kier alpha value is -4.06. The minimum atomic E-state index is -0.388. The van der Waals surface area contributed by atoms with E-state index in [-0.39, 0.29) is 12.5 Å². The number of rotatable bonds is 11. The lowest BCUT2D eigenvalue weighted by Crippen LogP contribution is -2.24. The number of nitrogens with zero attached hydrogens (tertiary/aromatic N) is 1. The first-order valence-corrected chi connectivity index (χ1v) is 10.2. The van der Waals surface area contributed by atoms with Gasteiger partial charge in [0.15, 0.2) is 18.1 Å². The second-order valence-corrected chi connectivity index (χ2v) is 6.87. The molecule has 3 aromatic carbocycles. The quantitative estimate of drug-likeness (QED) is 0.276. The number of hydrogen-bond donors (Lipinski definition) is 1. The molecule has 0 aliphatic carbocycles. The van der Waals surface area contributed by atoms with Crippen molar-refractivity contribution < 1.29 is 19.0 Å². The minimum absolute atomic E-state index is 0.194. The van der Waals surface area contributed by atoms with Gasteiger partial charge < -0.3 is 14.2 Å². The van der Waals surface area contributed by atoms with E-state index in [2.05, 4.69) is 17.1 Å². The zero-order valence-electron chi connectivity index (χ0n) is 18.0. The van der Waals surface area contributed by atoms with Crippen LogP contribution in [0.1, 0.15) is 16.7 Å². The van der Waals surface area contributed by atoms with Crippen LogP contribution in [0.15, 0.2) is 90.6 Å². The highest BCUT2D eigenvalue weighted by Crippen LogP contribution is 2.28. The number of benzene rings is 3. The van der Waals surface area contributed by atoms with Crippen LogP contribution in [-0.2, 0) is 17.8 Å². The predicted octanol–water partition coefficient (Wildman–Crippen LogP) is 4.53. The van der Waals surface area contributed by atoms with Crippen molar-refractivity contribution in [3.05, 3.63) is 102 Å². The maximum absolute atomic E-state index is 12.1. The fourth-order valence-corrected chi connectivity index (χ4v) is 2.93. The molecule has 0 atom stereocenters. The van der Waals surface area contributed by atoms with E-state index in [4.69, 9.17) is 14.2 Å². The Labute approximate surface area is 188 Å². The maximum atomic E-state index is 12.1. The van der Waals surface area contributed by atoms with Crippen molar-refractivity contribution in [2.45, 2.75) is 13.0 Å². The van der Waals surface area contributed by atoms with Crippen molar-refractivity contribution in [1.29, 1.82) is 0 Å². The molecule has 0 aromatic heterocycles. The van der Waals surface area contributed by atoms with Gasteiger partial charge in [0.1, 0.15) is 12.4 Å². The third-order valence-corrected chi connectivity index (χ3v) is 4.52. The van der Waals surface area contributed by atoms with Crippen molar-refractivity contribution in [2.75, 3.05) is 13.7 Å². The monoisotopic (exact) mass is 430 g/mol. The lowest BCUT2D eigenvalue weighted by atomic mass is 10.1. The molecule has 3 rings (SSSR count). The smallest absolute Gasteiger partial charge is 0.277 e. The molecule has 0 heterocycles. The molecular formula is C26H26N2O4. The van der Waals surface area contributed by atoms with Gasteiger partial charge in [-0.05, 0) is 41.8 Å². The Morgan fingerprint density at radius 3 is 2.50 bits per heavy atom. The summed E-state index contributed by atoms with van der Waals surface area (Å²) in [6, 6.07) is 22.9. The van der Waals surface area contributed by atoms with E-state index in [9.17, 15) is 4.79 Å². The molecule has 6 nitrogen and oxygen atoms in total. The third-order valence-electron chi connectivity index (χ3n) is 4.52. The van der Waals surface area contributed by atoms with Crippen molar-refractivity contribution in [2.24, 2.45) is 5.10 Å². The molecule has 0 radical (unpaired) electrons. The van der Waals surface area contributed by atoms with Crippen LogP contribution in [0.4, 0.5) is 0 Å². The molecule has 0 spiro atoms. The summed E-state index contributed by atoms with van der Waals surface area (Å²) < 4.78 is 16.8. The Kier molecular flexibility index (Phi) is 8.45. The van der Waals surface area contributed by atoms with Gasteiger partial charge in [-0.15, -0.1) is 6.58 Å². The van der Waals surface area contributed by atoms with Gasteiger partial charge in [0.25, 0.3) is 5.91 Å². The highest BCUT2D eigenvalue weighted by atomic mass is 16.5. The Balaban J connectivity index is 1.53. The van der Waals surface area contributed by atoms with Crippen LogP contribution in [0, 0.1) is 0 Å². The SMILES string of the molecule is C=CCc1ccc(OCC(=O)NN=Cc2ccccc2OCc2ccccc2)c(OC)c1. The van der Waals surface area contributed by atoms with Crippen LogP contribution in [0.5, 0.6) is 17.2 Å². The first-order chi connectivity index (χ1) is 15.7. The van der Waals surface area contributed by atoms with E-state index in [0.717, 1.165) is 23.1 Å². The van der Waals surface area contributed by atoms with E-state index in [1.807, 2.05) is 72.8 Å². The number of carbonyl (C=O) groups is 1. The summed E-state index contributed by atoms with van der Waals surface area (Å²) in [6.07, 6.45) is 4.08. The van der Waals surface area contributed by atoms with Gasteiger partial charge in [-0.1, -0.05) is 54.6 Å². The van der Waals surface area contributed by atoms with E-state index in [0.29, 0.717) is 23.9 Å². The Morgan fingerprint density at radius 1 is 0.938 bits per heavy atom. The summed E-state index contributed by atoms with van der Waals surface area (Å²) in [7, 11) is 1.56. The van der Waals surface area contributed by atoms with Crippen molar-refractivity contribution in [1.82, 2.24) is 5.43 Å². The lowest BCUT2D eigenvalue weighted by Gasteiger charge is -2.11. The van der Waals surface area contributed by atoms with E-state index < -0.39 is 0 Å². The molecule has 0 saturated carbocycles. The van der Waals surface area contributed by atoms with E-state index in [1.165, 1.54) is 0 Å². The second-order valence-electron chi connectivity index (χ2n) is 6.87. The molecular weight excluding hydrogens is 404 g/mol. The molecule has 0 bridgehead atoms. The van der Waals surface area contributed by atoms with Crippen LogP contribution in [-0.4, -0.2) is 25.8 Å². The van der Waals surface area contributed by atoms with E-state index in [1.54, 1.807) is 19.4 Å². The first-order valence-electron chi connectivity index (χ1n) is 10.2. The molecule has 0 fully saturated rings. The highest BCUT2D eigenvalue weighted by molar-refractivity contribution is 5.85. The van der Waals surface area contributed by atoms with Gasteiger partial charge in [0, 0.05) is 5.56 Å². The highest BCUT2D eigenvalue weighted by Gasteiger charge is 2.08. The minimum Gasteiger partial charge on any atom is -0.493 e. The molecule has 6 heteroatoms. The summed E-state index contributed by atoms with van der Waals surface area (Å²) in [5.74, 6) is 1.33. The molecule has 0 unspecified atom stereocenters.